The second-order valence-corrected chi connectivity index (χ2v) is 5.38. The van der Waals surface area contributed by atoms with Crippen LogP contribution in [0.15, 0.2) is 17.9 Å². The second kappa shape index (κ2) is 4.99. The van der Waals surface area contributed by atoms with E-state index in [-0.39, 0.29) is 10.7 Å². The number of aldehydes is 1. The Labute approximate surface area is 113 Å². The van der Waals surface area contributed by atoms with Gasteiger partial charge in [-0.1, -0.05) is 11.6 Å². The van der Waals surface area contributed by atoms with Crippen molar-refractivity contribution in [3.05, 3.63) is 33.6 Å². The van der Waals surface area contributed by atoms with Crippen LogP contribution in [0.2, 0.25) is 5.15 Å². The molecule has 94 valence electrons. The van der Waals surface area contributed by atoms with Gasteiger partial charge in [0.25, 0.3) is 0 Å². The summed E-state index contributed by atoms with van der Waals surface area (Å²) in [5.41, 5.74) is -0.187. The summed E-state index contributed by atoms with van der Waals surface area (Å²) >= 11 is 7.38. The Morgan fingerprint density at radius 2 is 2.17 bits per heavy atom. The van der Waals surface area contributed by atoms with Crippen LogP contribution in [0.25, 0.3) is 0 Å². The van der Waals surface area contributed by atoms with Gasteiger partial charge in [-0.25, -0.2) is 15.0 Å². The summed E-state index contributed by atoms with van der Waals surface area (Å²) in [5.74, 6) is 0.408. The van der Waals surface area contributed by atoms with Crippen molar-refractivity contribution in [2.75, 3.05) is 5.32 Å². The molecule has 0 saturated carbocycles. The maximum Gasteiger partial charge on any atom is 0.156 e. The van der Waals surface area contributed by atoms with E-state index in [4.69, 9.17) is 11.6 Å². The van der Waals surface area contributed by atoms with Crippen LogP contribution in [0.3, 0.4) is 0 Å². The van der Waals surface area contributed by atoms with Crippen LogP contribution in [0.5, 0.6) is 0 Å². The minimum absolute atomic E-state index is 0.137. The predicted molar refractivity (Wildman–Crippen MR) is 71.2 cm³/mol. The molecule has 0 fully saturated rings. The van der Waals surface area contributed by atoms with Crippen LogP contribution in [0.1, 0.15) is 29.2 Å². The molecule has 0 bridgehead atoms. The maximum atomic E-state index is 11.0. The lowest BCUT2D eigenvalue weighted by molar-refractivity contribution is 0.112. The Bertz CT molecular complexity index is 556. The molecule has 5 nitrogen and oxygen atoms in total. The number of thiazole rings is 1. The lowest BCUT2D eigenvalue weighted by atomic mass is 10.1. The standard InChI is InChI=1S/C11H11ClN4OS/c1-11(2,10-13-3-4-18-10)16-9-7(5-17)8(12)14-6-15-9/h3-6H,1-2H3,(H,14,15,16). The van der Waals surface area contributed by atoms with Crippen LogP contribution < -0.4 is 5.32 Å². The summed E-state index contributed by atoms with van der Waals surface area (Å²) in [7, 11) is 0. The molecule has 0 aliphatic heterocycles. The minimum Gasteiger partial charge on any atom is -0.358 e. The molecule has 0 saturated heterocycles. The van der Waals surface area contributed by atoms with E-state index in [1.54, 1.807) is 6.20 Å². The van der Waals surface area contributed by atoms with Gasteiger partial charge in [-0.05, 0) is 13.8 Å². The van der Waals surface area contributed by atoms with Crippen LogP contribution in [-0.2, 0) is 5.54 Å². The first-order valence-corrected chi connectivity index (χ1v) is 6.44. The molecule has 0 aromatic carbocycles. The molecule has 0 radical (unpaired) electrons. The number of hydrogen-bond acceptors (Lipinski definition) is 6. The Morgan fingerprint density at radius 1 is 1.39 bits per heavy atom. The molecule has 1 N–H and O–H groups in total. The average Bonchev–Trinajstić information content (AvgIpc) is 2.83. The van der Waals surface area contributed by atoms with Crippen molar-refractivity contribution < 1.29 is 4.79 Å². The number of nitrogens with one attached hydrogen (secondary N) is 1. The van der Waals surface area contributed by atoms with Crippen molar-refractivity contribution in [3.8, 4) is 0 Å². The van der Waals surface area contributed by atoms with Crippen LogP contribution >= 0.6 is 22.9 Å². The van der Waals surface area contributed by atoms with E-state index in [9.17, 15) is 4.79 Å². The number of aromatic nitrogens is 3. The number of carbonyl (C=O) groups is 1. The van der Waals surface area contributed by atoms with Crippen molar-refractivity contribution >= 4 is 35.0 Å². The quantitative estimate of drug-likeness (QED) is 0.690. The summed E-state index contributed by atoms with van der Waals surface area (Å²) in [6.45, 7) is 3.91. The Hall–Kier alpha value is -1.53. The van der Waals surface area contributed by atoms with Crippen LogP contribution in [0.4, 0.5) is 5.82 Å². The molecular weight excluding hydrogens is 272 g/mol. The highest BCUT2D eigenvalue weighted by Gasteiger charge is 2.25. The molecule has 2 aromatic heterocycles. The number of nitrogens with zero attached hydrogens (tertiary/aromatic N) is 3. The van der Waals surface area contributed by atoms with E-state index in [0.29, 0.717) is 12.1 Å². The molecule has 0 amide bonds. The van der Waals surface area contributed by atoms with Crippen molar-refractivity contribution in [1.82, 2.24) is 15.0 Å². The average molecular weight is 283 g/mol. The van der Waals surface area contributed by atoms with Gasteiger partial charge in [-0.2, -0.15) is 0 Å². The third-order valence-corrected chi connectivity index (χ3v) is 3.75. The molecule has 7 heteroatoms. The third-order valence-electron chi connectivity index (χ3n) is 2.35. The lowest BCUT2D eigenvalue weighted by Crippen LogP contribution is -2.29. The fourth-order valence-corrected chi connectivity index (χ4v) is 2.36. The highest BCUT2D eigenvalue weighted by molar-refractivity contribution is 7.09. The highest BCUT2D eigenvalue weighted by Crippen LogP contribution is 2.28. The summed E-state index contributed by atoms with van der Waals surface area (Å²) in [5, 5.41) is 6.09. The molecule has 0 aliphatic carbocycles. The van der Waals surface area contributed by atoms with Gasteiger partial charge in [0.1, 0.15) is 22.3 Å². The van der Waals surface area contributed by atoms with Gasteiger partial charge in [0.05, 0.1) is 11.1 Å². The summed E-state index contributed by atoms with van der Waals surface area (Å²) in [6, 6.07) is 0. The zero-order chi connectivity index (χ0) is 13.2. The van der Waals surface area contributed by atoms with Crippen LogP contribution in [-0.4, -0.2) is 21.2 Å². The fraction of sp³-hybridized carbons (Fsp3) is 0.273. The fourth-order valence-electron chi connectivity index (χ4n) is 1.46. The summed E-state index contributed by atoms with van der Waals surface area (Å²) in [6.07, 6.45) is 3.69. The van der Waals surface area contributed by atoms with E-state index in [1.807, 2.05) is 19.2 Å². The number of halogens is 1. The van der Waals surface area contributed by atoms with Gasteiger partial charge < -0.3 is 5.32 Å². The molecule has 2 heterocycles. The zero-order valence-corrected chi connectivity index (χ0v) is 11.4. The normalized spacial score (nSPS) is 11.3. The van der Waals surface area contributed by atoms with E-state index in [0.717, 1.165) is 5.01 Å². The maximum absolute atomic E-state index is 11.0. The largest absolute Gasteiger partial charge is 0.358 e. The molecule has 0 spiro atoms. The number of anilines is 1. The first-order chi connectivity index (χ1) is 8.54. The molecule has 0 unspecified atom stereocenters. The Morgan fingerprint density at radius 3 is 2.78 bits per heavy atom. The first-order valence-electron chi connectivity index (χ1n) is 5.18. The van der Waals surface area contributed by atoms with Gasteiger partial charge in [-0.3, -0.25) is 4.79 Å². The monoisotopic (exact) mass is 282 g/mol. The number of carbonyl (C=O) groups excluding carboxylic acids is 1. The van der Waals surface area contributed by atoms with Crippen molar-refractivity contribution in [2.45, 2.75) is 19.4 Å². The third kappa shape index (κ3) is 2.49. The molecule has 18 heavy (non-hydrogen) atoms. The van der Waals surface area contributed by atoms with Crippen molar-refractivity contribution in [1.29, 1.82) is 0 Å². The highest BCUT2D eigenvalue weighted by atomic mass is 35.5. The van der Waals surface area contributed by atoms with Crippen molar-refractivity contribution in [2.24, 2.45) is 0 Å². The van der Waals surface area contributed by atoms with Crippen LogP contribution in [0, 0.1) is 0 Å². The molecule has 2 rings (SSSR count). The zero-order valence-electron chi connectivity index (χ0n) is 9.85. The topological polar surface area (TPSA) is 67.8 Å². The molecule has 2 aromatic rings. The van der Waals surface area contributed by atoms with E-state index < -0.39 is 5.54 Å². The lowest BCUT2D eigenvalue weighted by Gasteiger charge is -2.25. The van der Waals surface area contributed by atoms with Gasteiger partial charge >= 0.3 is 0 Å². The minimum atomic E-state index is -0.441. The van der Waals surface area contributed by atoms with Gasteiger partial charge in [-0.15, -0.1) is 11.3 Å². The van der Waals surface area contributed by atoms with Gasteiger partial charge in [0, 0.05) is 11.6 Å². The summed E-state index contributed by atoms with van der Waals surface area (Å²) < 4.78 is 0. The van der Waals surface area contributed by atoms with Crippen molar-refractivity contribution in [3.63, 3.8) is 0 Å². The number of rotatable bonds is 4. The molecule has 0 atom stereocenters. The first kappa shape index (κ1) is 12.9. The van der Waals surface area contributed by atoms with Gasteiger partial charge in [0.15, 0.2) is 6.29 Å². The smallest absolute Gasteiger partial charge is 0.156 e. The number of hydrogen-bond donors (Lipinski definition) is 1. The second-order valence-electron chi connectivity index (χ2n) is 4.13. The molecular formula is C11H11ClN4OS. The van der Waals surface area contributed by atoms with E-state index in [2.05, 4.69) is 20.3 Å². The summed E-state index contributed by atoms with van der Waals surface area (Å²) in [4.78, 5) is 23.1. The van der Waals surface area contributed by atoms with Gasteiger partial charge in [0.2, 0.25) is 0 Å². The van der Waals surface area contributed by atoms with E-state index in [1.165, 1.54) is 17.7 Å². The Kier molecular flexibility index (Phi) is 3.58. The SMILES string of the molecule is CC(C)(Nc1ncnc(Cl)c1C=O)c1nccs1. The Balaban J connectivity index is 2.35. The predicted octanol–water partition coefficient (Wildman–Crippen LogP) is 2.75. The van der Waals surface area contributed by atoms with E-state index >= 15 is 0 Å². The molecule has 0 aliphatic rings.